The van der Waals surface area contributed by atoms with E-state index in [-0.39, 0.29) is 18.6 Å². The number of anilines is 1. The fourth-order valence-corrected chi connectivity index (χ4v) is 3.20. The van der Waals surface area contributed by atoms with Crippen molar-refractivity contribution in [3.8, 4) is 6.07 Å². The van der Waals surface area contributed by atoms with E-state index in [4.69, 9.17) is 5.26 Å². The van der Waals surface area contributed by atoms with E-state index < -0.39 is 0 Å². The Morgan fingerprint density at radius 1 is 1.21 bits per heavy atom. The van der Waals surface area contributed by atoms with Crippen LogP contribution >= 0.6 is 0 Å². The highest BCUT2D eigenvalue weighted by Crippen LogP contribution is 2.22. The van der Waals surface area contributed by atoms with E-state index in [2.05, 4.69) is 45.5 Å². The minimum absolute atomic E-state index is 0.119. The van der Waals surface area contributed by atoms with Gasteiger partial charge in [-0.3, -0.25) is 4.90 Å². The second-order valence-electron chi connectivity index (χ2n) is 6.22. The zero-order chi connectivity index (χ0) is 16.8. The SMILES string of the molecule is N#Cc1cccc(NC2CN(Cc3ccccc3)CCC2CO)n1. The summed E-state index contributed by atoms with van der Waals surface area (Å²) >= 11 is 0. The Hall–Kier alpha value is -2.42. The van der Waals surface area contributed by atoms with Gasteiger partial charge in [-0.05, 0) is 30.7 Å². The average Bonchev–Trinajstić information content (AvgIpc) is 2.63. The zero-order valence-corrected chi connectivity index (χ0v) is 13.6. The number of hydrogen-bond acceptors (Lipinski definition) is 5. The van der Waals surface area contributed by atoms with Crippen molar-refractivity contribution in [1.82, 2.24) is 9.88 Å². The molecule has 2 heterocycles. The maximum absolute atomic E-state index is 9.68. The van der Waals surface area contributed by atoms with Crippen molar-refractivity contribution in [1.29, 1.82) is 5.26 Å². The molecular formula is C19H22N4O. The Balaban J connectivity index is 1.68. The number of aromatic nitrogens is 1. The molecule has 1 aromatic heterocycles. The molecule has 24 heavy (non-hydrogen) atoms. The Morgan fingerprint density at radius 2 is 2.04 bits per heavy atom. The van der Waals surface area contributed by atoms with Crippen molar-refractivity contribution >= 4 is 5.82 Å². The molecule has 2 aromatic rings. The largest absolute Gasteiger partial charge is 0.396 e. The van der Waals surface area contributed by atoms with Gasteiger partial charge in [0.05, 0.1) is 0 Å². The van der Waals surface area contributed by atoms with Gasteiger partial charge in [0.2, 0.25) is 0 Å². The van der Waals surface area contributed by atoms with Crippen LogP contribution in [0.5, 0.6) is 0 Å². The second-order valence-corrected chi connectivity index (χ2v) is 6.22. The van der Waals surface area contributed by atoms with E-state index in [1.165, 1.54) is 5.56 Å². The van der Waals surface area contributed by atoms with Gasteiger partial charge in [-0.2, -0.15) is 5.26 Å². The second kappa shape index (κ2) is 7.91. The number of pyridine rings is 1. The number of piperidine rings is 1. The molecule has 1 fully saturated rings. The normalized spacial score (nSPS) is 21.2. The van der Waals surface area contributed by atoms with Crippen LogP contribution in [-0.4, -0.2) is 40.7 Å². The van der Waals surface area contributed by atoms with Crippen LogP contribution in [-0.2, 0) is 6.54 Å². The quantitative estimate of drug-likeness (QED) is 0.883. The lowest BCUT2D eigenvalue weighted by Crippen LogP contribution is -2.48. The number of nitrogens with zero attached hydrogens (tertiary/aromatic N) is 3. The van der Waals surface area contributed by atoms with Gasteiger partial charge >= 0.3 is 0 Å². The van der Waals surface area contributed by atoms with Crippen molar-refractivity contribution in [2.75, 3.05) is 25.0 Å². The van der Waals surface area contributed by atoms with E-state index in [0.29, 0.717) is 11.5 Å². The van der Waals surface area contributed by atoms with E-state index in [1.807, 2.05) is 18.2 Å². The highest BCUT2D eigenvalue weighted by atomic mass is 16.3. The highest BCUT2D eigenvalue weighted by molar-refractivity contribution is 5.39. The van der Waals surface area contributed by atoms with Gasteiger partial charge in [-0.1, -0.05) is 36.4 Å². The van der Waals surface area contributed by atoms with Crippen LogP contribution in [0.15, 0.2) is 48.5 Å². The lowest BCUT2D eigenvalue weighted by atomic mass is 9.92. The van der Waals surface area contributed by atoms with Crippen molar-refractivity contribution in [2.24, 2.45) is 5.92 Å². The van der Waals surface area contributed by atoms with Crippen molar-refractivity contribution in [2.45, 2.75) is 19.0 Å². The number of nitriles is 1. The van der Waals surface area contributed by atoms with E-state index in [1.54, 1.807) is 6.07 Å². The number of aliphatic hydroxyl groups excluding tert-OH is 1. The minimum atomic E-state index is 0.119. The number of aliphatic hydroxyl groups is 1. The van der Waals surface area contributed by atoms with Gasteiger partial charge in [0.15, 0.2) is 0 Å². The monoisotopic (exact) mass is 322 g/mol. The first-order valence-electron chi connectivity index (χ1n) is 8.29. The number of benzene rings is 1. The van der Waals surface area contributed by atoms with Crippen molar-refractivity contribution in [3.05, 3.63) is 59.8 Å². The molecule has 1 aliphatic heterocycles. The molecule has 2 atom stereocenters. The Labute approximate surface area is 142 Å². The molecule has 124 valence electrons. The first-order valence-corrected chi connectivity index (χ1v) is 8.29. The number of nitrogens with one attached hydrogen (secondary N) is 1. The van der Waals surface area contributed by atoms with Gasteiger partial charge in [0.1, 0.15) is 17.6 Å². The minimum Gasteiger partial charge on any atom is -0.396 e. The van der Waals surface area contributed by atoms with Crippen LogP contribution in [0.1, 0.15) is 17.7 Å². The molecule has 2 unspecified atom stereocenters. The van der Waals surface area contributed by atoms with Gasteiger partial charge in [-0.15, -0.1) is 0 Å². The molecule has 5 heteroatoms. The van der Waals surface area contributed by atoms with Crippen LogP contribution in [0.3, 0.4) is 0 Å². The standard InChI is InChI=1S/C19H22N4O/c20-11-17-7-4-8-19(21-17)22-18-13-23(10-9-16(18)14-24)12-15-5-2-1-3-6-15/h1-8,16,18,24H,9-10,12-14H2,(H,21,22). The summed E-state index contributed by atoms with van der Waals surface area (Å²) in [5.74, 6) is 0.892. The molecular weight excluding hydrogens is 300 g/mol. The summed E-state index contributed by atoms with van der Waals surface area (Å²) in [5.41, 5.74) is 1.70. The lowest BCUT2D eigenvalue weighted by molar-refractivity contribution is 0.115. The summed E-state index contributed by atoms with van der Waals surface area (Å²) in [7, 11) is 0. The third kappa shape index (κ3) is 4.10. The van der Waals surface area contributed by atoms with E-state index >= 15 is 0 Å². The Morgan fingerprint density at radius 3 is 2.79 bits per heavy atom. The Bertz CT molecular complexity index is 698. The molecule has 5 nitrogen and oxygen atoms in total. The summed E-state index contributed by atoms with van der Waals surface area (Å²) < 4.78 is 0. The van der Waals surface area contributed by atoms with Crippen molar-refractivity contribution < 1.29 is 5.11 Å². The van der Waals surface area contributed by atoms with E-state index in [9.17, 15) is 5.11 Å². The molecule has 0 aliphatic carbocycles. The first kappa shape index (κ1) is 16.4. The third-order valence-corrected chi connectivity index (χ3v) is 4.52. The van der Waals surface area contributed by atoms with Crippen LogP contribution in [0.25, 0.3) is 0 Å². The van der Waals surface area contributed by atoms with Gasteiger partial charge in [0.25, 0.3) is 0 Å². The number of hydrogen-bond donors (Lipinski definition) is 2. The smallest absolute Gasteiger partial charge is 0.142 e. The molecule has 1 aliphatic rings. The highest BCUT2D eigenvalue weighted by Gasteiger charge is 2.29. The van der Waals surface area contributed by atoms with Crippen LogP contribution in [0.2, 0.25) is 0 Å². The molecule has 0 spiro atoms. The topological polar surface area (TPSA) is 72.2 Å². The lowest BCUT2D eigenvalue weighted by Gasteiger charge is -2.38. The fraction of sp³-hybridized carbons (Fsp3) is 0.368. The van der Waals surface area contributed by atoms with Crippen LogP contribution in [0.4, 0.5) is 5.82 Å². The summed E-state index contributed by atoms with van der Waals surface area (Å²) in [5, 5.41) is 22.1. The van der Waals surface area contributed by atoms with E-state index in [0.717, 1.165) is 26.1 Å². The summed E-state index contributed by atoms with van der Waals surface area (Å²) in [4.78, 5) is 6.69. The molecule has 1 aromatic carbocycles. The summed E-state index contributed by atoms with van der Waals surface area (Å²) in [6.45, 7) is 2.89. The van der Waals surface area contributed by atoms with Crippen molar-refractivity contribution in [3.63, 3.8) is 0 Å². The fourth-order valence-electron chi connectivity index (χ4n) is 3.20. The van der Waals surface area contributed by atoms with Gasteiger partial charge in [-0.25, -0.2) is 4.98 Å². The summed E-state index contributed by atoms with van der Waals surface area (Å²) in [6.07, 6.45) is 0.943. The molecule has 0 radical (unpaired) electrons. The van der Waals surface area contributed by atoms with Gasteiger partial charge < -0.3 is 10.4 Å². The summed E-state index contributed by atoms with van der Waals surface area (Å²) in [6, 6.07) is 18.0. The molecule has 0 amide bonds. The predicted molar refractivity (Wildman–Crippen MR) is 93.3 cm³/mol. The van der Waals surface area contributed by atoms with Crippen LogP contribution in [0, 0.1) is 17.2 Å². The average molecular weight is 322 g/mol. The molecule has 0 saturated carbocycles. The number of rotatable bonds is 5. The predicted octanol–water partition coefficient (Wildman–Crippen LogP) is 2.25. The third-order valence-electron chi connectivity index (χ3n) is 4.52. The maximum Gasteiger partial charge on any atom is 0.142 e. The van der Waals surface area contributed by atoms with Gasteiger partial charge in [0, 0.05) is 31.7 Å². The maximum atomic E-state index is 9.68. The van der Waals surface area contributed by atoms with Crippen LogP contribution < -0.4 is 5.32 Å². The molecule has 1 saturated heterocycles. The zero-order valence-electron chi connectivity index (χ0n) is 13.6. The molecule has 3 rings (SSSR count). The molecule has 2 N–H and O–H groups in total. The number of likely N-dealkylation sites (tertiary alicyclic amines) is 1. The Kier molecular flexibility index (Phi) is 5.42. The first-order chi connectivity index (χ1) is 11.8. The molecule has 0 bridgehead atoms.